The van der Waals surface area contributed by atoms with Gasteiger partial charge in [0.05, 0.1) is 28.4 Å². The van der Waals surface area contributed by atoms with Gasteiger partial charge in [-0.1, -0.05) is 55.3 Å². The second-order valence-corrected chi connectivity index (χ2v) is 20.0. The van der Waals surface area contributed by atoms with Crippen LogP contribution in [0.2, 0.25) is 0 Å². The van der Waals surface area contributed by atoms with E-state index in [0.717, 1.165) is 61.8 Å². The summed E-state index contributed by atoms with van der Waals surface area (Å²) in [7, 11) is -3.94. The van der Waals surface area contributed by atoms with E-state index < -0.39 is 61.9 Å². The van der Waals surface area contributed by atoms with Crippen LogP contribution in [0.4, 0.5) is 4.79 Å². The first-order valence-corrected chi connectivity index (χ1v) is 21.9. The van der Waals surface area contributed by atoms with Crippen LogP contribution < -0.4 is 14.8 Å². The normalized spacial score (nSPS) is 28.3. The third-order valence-electron chi connectivity index (χ3n) is 12.2. The summed E-state index contributed by atoms with van der Waals surface area (Å²) in [6.45, 7) is 6.95. The number of fused-ring (bicyclic) bond motifs is 3. The number of ketones is 1. The zero-order chi connectivity index (χ0) is 39.9. The van der Waals surface area contributed by atoms with Gasteiger partial charge in [0.15, 0.2) is 5.78 Å². The van der Waals surface area contributed by atoms with Crippen molar-refractivity contribution < 1.29 is 37.1 Å². The van der Waals surface area contributed by atoms with E-state index in [1.54, 1.807) is 27.7 Å². The highest BCUT2D eigenvalue weighted by molar-refractivity contribution is 7.91. The summed E-state index contributed by atoms with van der Waals surface area (Å²) < 4.78 is 40.1. The zero-order valence-electron chi connectivity index (χ0n) is 33.1. The van der Waals surface area contributed by atoms with Gasteiger partial charge in [-0.25, -0.2) is 18.2 Å². The summed E-state index contributed by atoms with van der Waals surface area (Å²) in [6, 6.07) is 10.1. The van der Waals surface area contributed by atoms with E-state index in [1.165, 1.54) is 10.5 Å². The number of amides is 3. The fourth-order valence-electron chi connectivity index (χ4n) is 8.46. The van der Waals surface area contributed by atoms with Crippen molar-refractivity contribution >= 4 is 33.7 Å². The lowest BCUT2D eigenvalue weighted by molar-refractivity contribution is -0.140. The van der Waals surface area contributed by atoms with Crippen LogP contribution in [-0.2, 0) is 42.0 Å². The number of ether oxygens (including phenoxy) is 2. The third kappa shape index (κ3) is 8.67. The Bertz CT molecular complexity index is 1990. The number of Topliss-reactive ketones (excluding diaryl/α,β-unsaturated/α-hetero) is 1. The van der Waals surface area contributed by atoms with E-state index in [4.69, 9.17) is 14.5 Å². The van der Waals surface area contributed by atoms with Crippen LogP contribution in [0, 0.1) is 11.3 Å². The van der Waals surface area contributed by atoms with E-state index in [0.29, 0.717) is 38.0 Å². The van der Waals surface area contributed by atoms with Crippen molar-refractivity contribution in [2.75, 3.05) is 6.54 Å². The number of alkyl carbamates (subject to hydrolysis) is 1. The van der Waals surface area contributed by atoms with Gasteiger partial charge in [-0.2, -0.15) is 0 Å². The van der Waals surface area contributed by atoms with Gasteiger partial charge < -0.3 is 19.7 Å². The lowest BCUT2D eigenvalue weighted by Crippen LogP contribution is -2.53. The van der Waals surface area contributed by atoms with E-state index in [2.05, 4.69) is 16.1 Å². The number of nitrogens with zero attached hydrogens (tertiary/aromatic N) is 2. The number of allylic oxidation sites excluding steroid dienone is 2. The number of sulfonamides is 1. The lowest BCUT2D eigenvalue weighted by Gasteiger charge is -2.30. The molecule has 2 aromatic rings. The minimum atomic E-state index is -3.94. The number of pyridine rings is 1. The highest BCUT2D eigenvalue weighted by Crippen LogP contribution is 2.57. The summed E-state index contributed by atoms with van der Waals surface area (Å²) in [5, 5.41) is 2.80. The molecule has 0 spiro atoms. The molecule has 0 bridgehead atoms. The predicted octanol–water partition coefficient (Wildman–Crippen LogP) is 6.35. The molecule has 56 heavy (non-hydrogen) atoms. The molecule has 1 aromatic heterocycles. The van der Waals surface area contributed by atoms with Crippen molar-refractivity contribution in [3.05, 3.63) is 59.7 Å². The van der Waals surface area contributed by atoms with Gasteiger partial charge in [-0.05, 0) is 109 Å². The monoisotopic (exact) mass is 788 g/mol. The minimum absolute atomic E-state index is 0.0724. The van der Waals surface area contributed by atoms with E-state index in [-0.39, 0.29) is 31.1 Å². The molecule has 7 rings (SSSR count). The molecule has 1 aromatic carbocycles. The topological polar surface area (TPSA) is 161 Å². The maximum Gasteiger partial charge on any atom is 0.408 e. The van der Waals surface area contributed by atoms with Gasteiger partial charge >= 0.3 is 6.09 Å². The number of carbonyl (C=O) groups is 4. The Kier molecular flexibility index (Phi) is 11.1. The maximum atomic E-state index is 14.7. The number of aryl methyl sites for hydroxylation is 1. The Morgan fingerprint density at radius 2 is 1.75 bits per heavy atom. The van der Waals surface area contributed by atoms with Gasteiger partial charge in [0.25, 0.3) is 0 Å². The van der Waals surface area contributed by atoms with Crippen molar-refractivity contribution in [2.24, 2.45) is 11.3 Å². The average Bonchev–Trinajstić information content (AvgIpc) is 4.03. The maximum absolute atomic E-state index is 14.7. The van der Waals surface area contributed by atoms with Gasteiger partial charge in [-0.3, -0.25) is 19.1 Å². The van der Waals surface area contributed by atoms with E-state index in [9.17, 15) is 27.6 Å². The molecule has 3 aliphatic carbocycles. The van der Waals surface area contributed by atoms with E-state index in [1.807, 2.05) is 42.5 Å². The number of hydrogen-bond donors (Lipinski definition) is 2. The molecule has 3 amide bonds. The first kappa shape index (κ1) is 40.0. The highest BCUT2D eigenvalue weighted by Gasteiger charge is 2.62. The number of carbonyl (C=O) groups excluding carboxylic acids is 4. The molecule has 0 radical (unpaired) electrons. The molecule has 3 fully saturated rings. The van der Waals surface area contributed by atoms with Crippen LogP contribution >= 0.6 is 0 Å². The van der Waals surface area contributed by atoms with Gasteiger partial charge in [0, 0.05) is 24.0 Å². The first-order chi connectivity index (χ1) is 26.6. The summed E-state index contributed by atoms with van der Waals surface area (Å²) in [5.41, 5.74) is 1.93. The number of hydrogen-bond acceptors (Lipinski definition) is 9. The Morgan fingerprint density at radius 1 is 1.00 bits per heavy atom. The standard InChI is InChI=1S/C43H56N4O8S/c1-41(2,3)55-40(51)45-33-20-12-7-5-6-11-18-30-25-43(30,39(50)46-56(52,53)42(4)21-22-42)26-36(48)35-24-31(27-47(35)38(33)49)54-37-32-19-14-13-17-29(32)23-34(44-37)28-15-9-8-10-16-28/h8-11,15-16,18,23,30-31,33,35H,5-7,12-14,17,19-22,24-27H2,1-4H3,(H,45,51)(H,46,50)/b18-11-/t30-,31-,33+,35+,43-/m1/s1. The number of nitrogens with one attached hydrogen (secondary N) is 2. The molecule has 2 saturated carbocycles. The molecular weight excluding hydrogens is 733 g/mol. The Balaban J connectivity index is 1.21. The molecule has 2 N–H and O–H groups in total. The second-order valence-electron chi connectivity index (χ2n) is 17.8. The van der Waals surface area contributed by atoms with Crippen LogP contribution in [0.3, 0.4) is 0 Å². The SMILES string of the molecule is CC(C)(C)OC(=O)N[C@H]1CCCCC/C=C\[C@@H]2C[C@@]2(C(=O)NS(=O)(=O)C2(C)CC2)CC(=O)[C@@H]2C[C@@H](Oc3nc(-c4ccccc4)cc4c3CCCC4)CN2C1=O. The fraction of sp³-hybridized carbons (Fsp3) is 0.605. The molecule has 2 aliphatic heterocycles. The van der Waals surface area contributed by atoms with Crippen LogP contribution in [-0.4, -0.2) is 77.1 Å². The summed E-state index contributed by atoms with van der Waals surface area (Å²) in [5.74, 6) is -1.24. The molecule has 12 nitrogen and oxygen atoms in total. The summed E-state index contributed by atoms with van der Waals surface area (Å²) >= 11 is 0. The Hall–Kier alpha value is -4.26. The lowest BCUT2D eigenvalue weighted by atomic mass is 9.91. The van der Waals surface area contributed by atoms with Crippen LogP contribution in [0.15, 0.2) is 48.6 Å². The van der Waals surface area contributed by atoms with E-state index >= 15 is 0 Å². The van der Waals surface area contributed by atoms with Crippen LogP contribution in [0.5, 0.6) is 5.88 Å². The van der Waals surface area contributed by atoms with Crippen molar-refractivity contribution in [2.45, 2.75) is 146 Å². The number of benzene rings is 1. The zero-order valence-corrected chi connectivity index (χ0v) is 33.9. The molecular formula is C43H56N4O8S. The molecule has 3 heterocycles. The van der Waals surface area contributed by atoms with Crippen LogP contribution in [0.25, 0.3) is 11.3 Å². The predicted molar refractivity (Wildman–Crippen MR) is 211 cm³/mol. The molecule has 1 saturated heterocycles. The largest absolute Gasteiger partial charge is 0.472 e. The van der Waals surface area contributed by atoms with Crippen molar-refractivity contribution in [3.8, 4) is 17.1 Å². The minimum Gasteiger partial charge on any atom is -0.472 e. The summed E-state index contributed by atoms with van der Waals surface area (Å²) in [6.07, 6.45) is 10.9. The highest BCUT2D eigenvalue weighted by atomic mass is 32.2. The van der Waals surface area contributed by atoms with Crippen LogP contribution in [0.1, 0.15) is 116 Å². The molecule has 13 heteroatoms. The number of aromatic nitrogens is 1. The Labute approximate surface area is 330 Å². The fourth-order valence-corrected chi connectivity index (χ4v) is 9.79. The number of rotatable bonds is 7. The molecule has 5 atom stereocenters. The smallest absolute Gasteiger partial charge is 0.408 e. The third-order valence-corrected chi connectivity index (χ3v) is 14.4. The van der Waals surface area contributed by atoms with Gasteiger partial charge in [0.1, 0.15) is 17.7 Å². The van der Waals surface area contributed by atoms with Crippen molar-refractivity contribution in [1.29, 1.82) is 0 Å². The quantitative estimate of drug-likeness (QED) is 0.305. The second kappa shape index (κ2) is 15.6. The average molecular weight is 789 g/mol. The van der Waals surface area contributed by atoms with Crippen molar-refractivity contribution in [1.82, 2.24) is 19.9 Å². The Morgan fingerprint density at radius 3 is 2.48 bits per heavy atom. The molecule has 5 aliphatic rings. The molecule has 302 valence electrons. The first-order valence-electron chi connectivity index (χ1n) is 20.4. The molecule has 0 unspecified atom stereocenters. The van der Waals surface area contributed by atoms with Gasteiger partial charge in [0.2, 0.25) is 27.7 Å². The van der Waals surface area contributed by atoms with Gasteiger partial charge in [-0.15, -0.1) is 0 Å². The van der Waals surface area contributed by atoms with Crippen molar-refractivity contribution in [3.63, 3.8) is 0 Å². The summed E-state index contributed by atoms with van der Waals surface area (Å²) in [4.78, 5) is 62.9.